The number of thioether (sulfide) groups is 2. The van der Waals surface area contributed by atoms with E-state index in [1.807, 2.05) is 0 Å². The normalized spacial score (nSPS) is 25.4. The molecule has 6 nitrogen and oxygen atoms in total. The molecule has 0 aromatic carbocycles. The van der Waals surface area contributed by atoms with Crippen molar-refractivity contribution in [3.63, 3.8) is 0 Å². The molecule has 0 amide bonds. The number of allylic oxidation sites excluding steroid dienone is 2. The first-order valence-corrected chi connectivity index (χ1v) is 14.4. The fraction of sp³-hybridized carbons (Fsp3) is 0.133. The van der Waals surface area contributed by atoms with Crippen LogP contribution in [0.4, 0.5) is 0 Å². The highest BCUT2D eigenvalue weighted by atomic mass is 32.2. The number of aromatic amines is 4. The summed E-state index contributed by atoms with van der Waals surface area (Å²) in [5.41, 5.74) is 8.43. The minimum absolute atomic E-state index is 0.0187. The fourth-order valence-electron chi connectivity index (χ4n) is 6.49. The van der Waals surface area contributed by atoms with Crippen LogP contribution in [-0.2, 0) is 9.59 Å². The number of carbonyl (C=O) groups is 2. The van der Waals surface area contributed by atoms with Crippen LogP contribution in [0.15, 0.2) is 48.6 Å². The van der Waals surface area contributed by atoms with E-state index in [1.165, 1.54) is 34.7 Å². The molecule has 0 spiro atoms. The monoisotopic (exact) mass is 532 g/mol. The molecule has 4 atom stereocenters. The average molecular weight is 533 g/mol. The second kappa shape index (κ2) is 7.36. The largest absolute Gasteiger partial charge is 0.355 e. The molecule has 2 aliphatic carbocycles. The second-order valence-corrected chi connectivity index (χ2v) is 12.6. The van der Waals surface area contributed by atoms with Crippen molar-refractivity contribution in [2.45, 2.75) is 22.3 Å². The van der Waals surface area contributed by atoms with E-state index in [0.29, 0.717) is 0 Å². The molecule has 11 rings (SSSR count). The third kappa shape index (κ3) is 2.87. The number of aromatic nitrogens is 4. The second-order valence-electron chi connectivity index (χ2n) is 10.3. The van der Waals surface area contributed by atoms with E-state index < -0.39 is 0 Å². The number of fused-ring (bicyclic) bond motifs is 10. The molecule has 4 aromatic heterocycles. The van der Waals surface area contributed by atoms with Crippen LogP contribution in [0.25, 0.3) is 24.3 Å². The molecule has 8 heteroatoms. The highest BCUT2D eigenvalue weighted by Crippen LogP contribution is 2.47. The zero-order valence-electron chi connectivity index (χ0n) is 19.9. The number of hydrogen-bond acceptors (Lipinski definition) is 4. The van der Waals surface area contributed by atoms with Gasteiger partial charge in [-0.3, -0.25) is 9.59 Å². The van der Waals surface area contributed by atoms with E-state index in [1.54, 1.807) is 0 Å². The smallest absolute Gasteiger partial charge is 0.201 e. The Labute approximate surface area is 224 Å². The predicted octanol–water partition coefficient (Wildman–Crippen LogP) is 2.56. The Hall–Kier alpha value is -3.88. The van der Waals surface area contributed by atoms with Gasteiger partial charge in [0.1, 0.15) is 0 Å². The quantitative estimate of drug-likeness (QED) is 0.231. The zero-order valence-corrected chi connectivity index (χ0v) is 21.5. The van der Waals surface area contributed by atoms with Gasteiger partial charge < -0.3 is 19.9 Å². The van der Waals surface area contributed by atoms with Gasteiger partial charge in [0.05, 0.1) is 22.3 Å². The summed E-state index contributed by atoms with van der Waals surface area (Å²) >= 11 is 2.83. The molecule has 38 heavy (non-hydrogen) atoms. The first kappa shape index (κ1) is 21.1. The van der Waals surface area contributed by atoms with Crippen molar-refractivity contribution < 1.29 is 9.59 Å². The van der Waals surface area contributed by atoms with Crippen LogP contribution in [0.2, 0.25) is 0 Å². The molecule has 12 bridgehead atoms. The van der Waals surface area contributed by atoms with Crippen molar-refractivity contribution in [1.29, 1.82) is 0 Å². The van der Waals surface area contributed by atoms with Crippen molar-refractivity contribution in [3.8, 4) is 0 Å². The molecule has 4 N–H and O–H groups in total. The molecular formula is C30H20N4O2S2. The number of H-pyrrole nitrogens is 4. The molecule has 4 unspecified atom stereocenters. The van der Waals surface area contributed by atoms with Crippen LogP contribution >= 0.6 is 23.5 Å². The Kier molecular flexibility index (Phi) is 4.09. The van der Waals surface area contributed by atoms with Crippen LogP contribution in [0.5, 0.6) is 0 Å². The summed E-state index contributed by atoms with van der Waals surface area (Å²) in [5, 5.41) is 4.43. The third-order valence-electron chi connectivity index (χ3n) is 8.08. The Balaban J connectivity index is 1.35. The summed E-state index contributed by atoms with van der Waals surface area (Å²) in [6.45, 7) is 0. The summed E-state index contributed by atoms with van der Waals surface area (Å²) in [6.07, 6.45) is 16.9. The molecule has 0 radical (unpaired) electrons. The van der Waals surface area contributed by atoms with Gasteiger partial charge in [-0.25, -0.2) is 0 Å². The number of nitrogens with one attached hydrogen (secondary N) is 4. The Morgan fingerprint density at radius 1 is 0.474 bits per heavy atom. The first-order chi connectivity index (χ1) is 18.6. The standard InChI is InChI=1S/C30H20N4O2S2/c35-29-17-5-7-24(38-29)28-22-12-16-4-2-14(32-16)10-20-26-18-6-8-23(37-30(18)36)27(26)21(34-20)11-15-3-1-13(31-15)9-19(33-22)25(17)28/h1-12,17-18,23-24,31-34H. The molecule has 4 aromatic rings. The summed E-state index contributed by atoms with van der Waals surface area (Å²) < 4.78 is 0. The summed E-state index contributed by atoms with van der Waals surface area (Å²) in [7, 11) is 0. The molecule has 0 saturated heterocycles. The molecule has 184 valence electrons. The van der Waals surface area contributed by atoms with Crippen LogP contribution in [0, 0.1) is 0 Å². The van der Waals surface area contributed by atoms with Gasteiger partial charge in [0.15, 0.2) is 0 Å². The lowest BCUT2D eigenvalue weighted by molar-refractivity contribution is -0.112. The minimum atomic E-state index is -0.229. The minimum Gasteiger partial charge on any atom is -0.355 e. The van der Waals surface area contributed by atoms with E-state index in [9.17, 15) is 9.59 Å². The summed E-state index contributed by atoms with van der Waals surface area (Å²) in [4.78, 5) is 39.9. The average Bonchev–Trinajstić information content (AvgIpc) is 3.69. The van der Waals surface area contributed by atoms with Gasteiger partial charge in [-0.2, -0.15) is 0 Å². The van der Waals surface area contributed by atoms with Crippen molar-refractivity contribution in [1.82, 2.24) is 19.9 Å². The van der Waals surface area contributed by atoms with Gasteiger partial charge in [-0.15, -0.1) is 0 Å². The first-order valence-electron chi connectivity index (χ1n) is 12.7. The SMILES string of the molecule is O=C1SC2C=CC1c1c2c2[nH]c1=Cc1ccc([nH]1)C=c1[nH]c(c3c1C1C=CC3C(=O)S1)=Cc1ccc([nH]1)C=2. The van der Waals surface area contributed by atoms with Crippen LogP contribution in [0.3, 0.4) is 0 Å². The van der Waals surface area contributed by atoms with Gasteiger partial charge in [-0.05, 0) is 70.8 Å². The lowest BCUT2D eigenvalue weighted by Crippen LogP contribution is -2.27. The predicted molar refractivity (Wildman–Crippen MR) is 150 cm³/mol. The van der Waals surface area contributed by atoms with Gasteiger partial charge in [0.2, 0.25) is 10.2 Å². The van der Waals surface area contributed by atoms with Gasteiger partial charge in [0, 0.05) is 44.2 Å². The van der Waals surface area contributed by atoms with E-state index in [2.05, 4.69) is 92.8 Å². The van der Waals surface area contributed by atoms with Crippen molar-refractivity contribution in [2.24, 2.45) is 0 Å². The van der Waals surface area contributed by atoms with Gasteiger partial charge in [-0.1, -0.05) is 47.8 Å². The van der Waals surface area contributed by atoms with Crippen LogP contribution < -0.4 is 21.4 Å². The van der Waals surface area contributed by atoms with Gasteiger partial charge >= 0.3 is 0 Å². The Bertz CT molecular complexity index is 1920. The fourth-order valence-corrected chi connectivity index (χ4v) is 8.76. The lowest BCUT2D eigenvalue weighted by Gasteiger charge is -2.29. The van der Waals surface area contributed by atoms with E-state index >= 15 is 0 Å². The maximum atomic E-state index is 12.8. The third-order valence-corrected chi connectivity index (χ3v) is 10.3. The van der Waals surface area contributed by atoms with Crippen molar-refractivity contribution in [3.05, 3.63) is 115 Å². The molecule has 7 aliphatic rings. The number of carbonyl (C=O) groups excluding carboxylic acids is 2. The van der Waals surface area contributed by atoms with Crippen molar-refractivity contribution >= 4 is 58.1 Å². The maximum absolute atomic E-state index is 12.8. The van der Waals surface area contributed by atoms with E-state index in [-0.39, 0.29) is 32.6 Å². The van der Waals surface area contributed by atoms with Crippen LogP contribution in [-0.4, -0.2) is 30.2 Å². The Morgan fingerprint density at radius 3 is 1.21 bits per heavy atom. The highest BCUT2D eigenvalue weighted by Gasteiger charge is 2.39. The summed E-state index contributed by atoms with van der Waals surface area (Å²) in [6, 6.07) is 8.28. The lowest BCUT2D eigenvalue weighted by atomic mass is 9.89. The topological polar surface area (TPSA) is 97.3 Å². The highest BCUT2D eigenvalue weighted by molar-refractivity contribution is 8.14. The zero-order chi connectivity index (χ0) is 25.1. The molecule has 9 heterocycles. The Morgan fingerprint density at radius 2 is 0.842 bits per heavy atom. The molecule has 0 fully saturated rings. The molecule has 0 saturated carbocycles. The molecular weight excluding hydrogens is 512 g/mol. The number of rotatable bonds is 0. The van der Waals surface area contributed by atoms with E-state index in [0.717, 1.165) is 55.3 Å². The molecule has 5 aliphatic heterocycles. The number of hydrogen-bond donors (Lipinski definition) is 4. The van der Waals surface area contributed by atoms with Crippen LogP contribution in [0.1, 0.15) is 67.4 Å². The maximum Gasteiger partial charge on any atom is 0.201 e. The van der Waals surface area contributed by atoms with E-state index in [4.69, 9.17) is 0 Å². The van der Waals surface area contributed by atoms with Crippen molar-refractivity contribution in [2.75, 3.05) is 0 Å². The van der Waals surface area contributed by atoms with Gasteiger partial charge in [0.25, 0.3) is 0 Å². The summed E-state index contributed by atoms with van der Waals surface area (Å²) in [5.74, 6) is -0.458.